The fraction of sp³-hybridized carbons (Fsp3) is 0.294. The van der Waals surface area contributed by atoms with E-state index in [1.165, 1.54) is 24.3 Å². The molecule has 4 rings (SSSR count). The molecule has 0 N–H and O–H groups in total. The number of benzene rings is 1. The third kappa shape index (κ3) is 2.62. The van der Waals surface area contributed by atoms with Crippen LogP contribution in [0.4, 0.5) is 10.2 Å². The van der Waals surface area contributed by atoms with Crippen LogP contribution < -0.4 is 4.90 Å². The fourth-order valence-corrected chi connectivity index (χ4v) is 3.24. The van der Waals surface area contributed by atoms with E-state index in [1.807, 2.05) is 4.40 Å². The van der Waals surface area contributed by atoms with Crippen LogP contribution in [-0.4, -0.2) is 38.0 Å². The smallest absolute Gasteiger partial charge is 0.203 e. The highest BCUT2D eigenvalue weighted by Crippen LogP contribution is 2.28. The van der Waals surface area contributed by atoms with Gasteiger partial charge in [-0.2, -0.15) is 0 Å². The van der Waals surface area contributed by atoms with Gasteiger partial charge in [0.2, 0.25) is 5.65 Å². The first-order valence-electron chi connectivity index (χ1n) is 7.92. The molecule has 24 heavy (non-hydrogen) atoms. The van der Waals surface area contributed by atoms with Gasteiger partial charge in [0.1, 0.15) is 12.1 Å². The Balaban J connectivity index is 1.58. The third-order valence-electron chi connectivity index (χ3n) is 4.43. The Labute approximate surface area is 138 Å². The van der Waals surface area contributed by atoms with Crippen molar-refractivity contribution >= 4 is 17.2 Å². The van der Waals surface area contributed by atoms with Crippen molar-refractivity contribution in [3.8, 4) is 0 Å². The van der Waals surface area contributed by atoms with Crippen molar-refractivity contribution in [1.29, 1.82) is 0 Å². The summed E-state index contributed by atoms with van der Waals surface area (Å²) in [6.07, 6.45) is 7.44. The zero-order valence-electron chi connectivity index (χ0n) is 13.0. The molecule has 122 valence electrons. The number of hydrogen-bond donors (Lipinski definition) is 0. The minimum absolute atomic E-state index is 0.0142. The first-order chi connectivity index (χ1) is 11.7. The van der Waals surface area contributed by atoms with E-state index in [2.05, 4.69) is 20.1 Å². The van der Waals surface area contributed by atoms with Crippen molar-refractivity contribution in [2.75, 3.05) is 11.4 Å². The standard InChI is InChI=1S/C17H16FN5O/c18-13-5-3-12(4-6-13)15(24)10-14-2-1-8-23(14)16-17-21-20-11-22(17)9-7-19-16/h3-7,9,11,14H,1-2,8,10H2/t14-/m0/s1. The van der Waals surface area contributed by atoms with Gasteiger partial charge < -0.3 is 4.90 Å². The van der Waals surface area contributed by atoms with Crippen LogP contribution in [-0.2, 0) is 0 Å². The Morgan fingerprint density at radius 1 is 1.29 bits per heavy atom. The molecule has 0 spiro atoms. The molecule has 0 aliphatic carbocycles. The highest BCUT2D eigenvalue weighted by atomic mass is 19.1. The first-order valence-corrected chi connectivity index (χ1v) is 7.92. The number of carbonyl (C=O) groups excluding carboxylic acids is 1. The molecule has 0 amide bonds. The Bertz CT molecular complexity index is 876. The maximum atomic E-state index is 13.0. The van der Waals surface area contributed by atoms with Gasteiger partial charge in [0.05, 0.1) is 0 Å². The van der Waals surface area contributed by atoms with E-state index in [0.29, 0.717) is 17.6 Å². The summed E-state index contributed by atoms with van der Waals surface area (Å²) in [5.41, 5.74) is 1.23. The Hall–Kier alpha value is -2.83. The maximum absolute atomic E-state index is 13.0. The lowest BCUT2D eigenvalue weighted by atomic mass is 10.0. The molecule has 1 saturated heterocycles. The van der Waals surface area contributed by atoms with Crippen LogP contribution in [0.2, 0.25) is 0 Å². The van der Waals surface area contributed by atoms with E-state index in [9.17, 15) is 9.18 Å². The lowest BCUT2D eigenvalue weighted by Gasteiger charge is -2.25. The molecule has 0 radical (unpaired) electrons. The maximum Gasteiger partial charge on any atom is 0.203 e. The van der Waals surface area contributed by atoms with E-state index in [0.717, 1.165) is 25.2 Å². The molecule has 2 aromatic heterocycles. The minimum Gasteiger partial charge on any atom is -0.350 e. The molecule has 3 heterocycles. The van der Waals surface area contributed by atoms with Crippen molar-refractivity contribution in [2.24, 2.45) is 0 Å². The van der Waals surface area contributed by atoms with Crippen LogP contribution >= 0.6 is 0 Å². The Morgan fingerprint density at radius 3 is 2.96 bits per heavy atom. The van der Waals surface area contributed by atoms with E-state index in [1.54, 1.807) is 18.7 Å². The van der Waals surface area contributed by atoms with Gasteiger partial charge in [-0.15, -0.1) is 10.2 Å². The molecular formula is C17H16FN5O. The van der Waals surface area contributed by atoms with E-state index >= 15 is 0 Å². The summed E-state index contributed by atoms with van der Waals surface area (Å²) in [5, 5.41) is 8.05. The SMILES string of the molecule is O=C(C[C@@H]1CCCN1c1nccn2cnnc12)c1ccc(F)cc1. The minimum atomic E-state index is -0.336. The second-order valence-electron chi connectivity index (χ2n) is 5.94. The number of ketones is 1. The number of halogens is 1. The van der Waals surface area contributed by atoms with Gasteiger partial charge >= 0.3 is 0 Å². The quantitative estimate of drug-likeness (QED) is 0.690. The fourth-order valence-electron chi connectivity index (χ4n) is 3.24. The molecule has 7 heteroatoms. The summed E-state index contributed by atoms with van der Waals surface area (Å²) < 4.78 is 14.8. The molecule has 0 saturated carbocycles. The number of nitrogens with zero attached hydrogens (tertiary/aromatic N) is 5. The van der Waals surface area contributed by atoms with Crippen molar-refractivity contribution in [3.63, 3.8) is 0 Å². The van der Waals surface area contributed by atoms with Gasteiger partial charge in [0.15, 0.2) is 11.6 Å². The number of carbonyl (C=O) groups is 1. The Morgan fingerprint density at radius 2 is 2.12 bits per heavy atom. The zero-order valence-corrected chi connectivity index (χ0v) is 13.0. The molecule has 1 atom stereocenters. The van der Waals surface area contributed by atoms with Crippen molar-refractivity contribution in [1.82, 2.24) is 19.6 Å². The highest BCUT2D eigenvalue weighted by Gasteiger charge is 2.29. The van der Waals surface area contributed by atoms with E-state index in [4.69, 9.17) is 0 Å². The topological polar surface area (TPSA) is 63.4 Å². The average molecular weight is 325 g/mol. The Kier molecular flexibility index (Phi) is 3.68. The molecule has 0 bridgehead atoms. The number of hydrogen-bond acceptors (Lipinski definition) is 5. The summed E-state index contributed by atoms with van der Waals surface area (Å²) in [4.78, 5) is 19.1. The molecule has 1 aliphatic rings. The average Bonchev–Trinajstić information content (AvgIpc) is 3.24. The second kappa shape index (κ2) is 5.99. The summed E-state index contributed by atoms with van der Waals surface area (Å²) in [5.74, 6) is 0.432. The third-order valence-corrected chi connectivity index (χ3v) is 4.43. The molecule has 1 fully saturated rings. The van der Waals surface area contributed by atoms with Crippen LogP contribution in [0.5, 0.6) is 0 Å². The number of rotatable bonds is 4. The van der Waals surface area contributed by atoms with Crippen molar-refractivity contribution in [3.05, 3.63) is 54.4 Å². The van der Waals surface area contributed by atoms with Crippen LogP contribution in [0, 0.1) is 5.82 Å². The summed E-state index contributed by atoms with van der Waals surface area (Å²) in [6, 6.07) is 5.78. The van der Waals surface area contributed by atoms with Gasteiger partial charge in [-0.25, -0.2) is 9.37 Å². The number of aromatic nitrogens is 4. The monoisotopic (exact) mass is 325 g/mol. The normalized spacial score (nSPS) is 17.5. The molecule has 1 aromatic carbocycles. The number of fused-ring (bicyclic) bond motifs is 1. The zero-order chi connectivity index (χ0) is 16.5. The summed E-state index contributed by atoms with van der Waals surface area (Å²) in [6.45, 7) is 0.834. The van der Waals surface area contributed by atoms with Crippen LogP contribution in [0.15, 0.2) is 43.0 Å². The summed E-state index contributed by atoms with van der Waals surface area (Å²) in [7, 11) is 0. The number of Topliss-reactive ketones (excluding diaryl/α,β-unsaturated/α-hetero) is 1. The second-order valence-corrected chi connectivity index (χ2v) is 5.94. The lowest BCUT2D eigenvalue weighted by Crippen LogP contribution is -2.32. The van der Waals surface area contributed by atoms with Gasteiger partial charge in [-0.05, 0) is 37.1 Å². The van der Waals surface area contributed by atoms with Crippen LogP contribution in [0.3, 0.4) is 0 Å². The first kappa shape index (κ1) is 14.7. The van der Waals surface area contributed by atoms with Gasteiger partial charge in [-0.1, -0.05) is 0 Å². The molecule has 3 aromatic rings. The predicted octanol–water partition coefficient (Wildman–Crippen LogP) is 2.51. The van der Waals surface area contributed by atoms with Crippen LogP contribution in [0.1, 0.15) is 29.6 Å². The molecule has 1 aliphatic heterocycles. The van der Waals surface area contributed by atoms with E-state index < -0.39 is 0 Å². The largest absolute Gasteiger partial charge is 0.350 e. The lowest BCUT2D eigenvalue weighted by molar-refractivity contribution is 0.0974. The molecular weight excluding hydrogens is 309 g/mol. The molecule has 6 nitrogen and oxygen atoms in total. The molecule has 0 unspecified atom stereocenters. The van der Waals surface area contributed by atoms with Gasteiger partial charge in [0, 0.05) is 37.0 Å². The van der Waals surface area contributed by atoms with E-state index in [-0.39, 0.29) is 17.6 Å². The van der Waals surface area contributed by atoms with Crippen molar-refractivity contribution in [2.45, 2.75) is 25.3 Å². The van der Waals surface area contributed by atoms with Gasteiger partial charge in [0.25, 0.3) is 0 Å². The highest BCUT2D eigenvalue weighted by molar-refractivity contribution is 5.96. The van der Waals surface area contributed by atoms with Gasteiger partial charge in [-0.3, -0.25) is 9.20 Å². The van der Waals surface area contributed by atoms with Crippen molar-refractivity contribution < 1.29 is 9.18 Å². The number of anilines is 1. The van der Waals surface area contributed by atoms with Crippen LogP contribution in [0.25, 0.3) is 5.65 Å². The summed E-state index contributed by atoms with van der Waals surface area (Å²) >= 11 is 0. The predicted molar refractivity (Wildman–Crippen MR) is 86.5 cm³/mol.